The van der Waals surface area contributed by atoms with Gasteiger partial charge in [-0.3, -0.25) is 5.32 Å². The van der Waals surface area contributed by atoms with E-state index >= 15 is 0 Å². The zero-order chi connectivity index (χ0) is 38.2. The number of nitrogens with one attached hydrogen (secondary N) is 1. The monoisotopic (exact) mass is 746 g/mol. The van der Waals surface area contributed by atoms with Gasteiger partial charge in [-0.05, 0) is 105 Å². The lowest BCUT2D eigenvalue weighted by Crippen LogP contribution is -2.37. The molecule has 0 unspecified atom stereocenters. The van der Waals surface area contributed by atoms with Gasteiger partial charge in [-0.25, -0.2) is 31.7 Å². The molecule has 3 N–H and O–H groups in total. The number of benzene rings is 1. The van der Waals surface area contributed by atoms with Gasteiger partial charge in [0.2, 0.25) is 11.7 Å². The Labute approximate surface area is 307 Å². The number of aromatic nitrogens is 1. The minimum Gasteiger partial charge on any atom is -0.445 e. The number of hydrogen-bond donors (Lipinski definition) is 3. The van der Waals surface area contributed by atoms with Crippen LogP contribution in [0, 0.1) is 52.3 Å². The molecule has 1 aromatic carbocycles. The number of aliphatic hydroxyl groups excluding tert-OH is 2. The lowest BCUT2D eigenvalue weighted by molar-refractivity contribution is 0.0537. The van der Waals surface area contributed by atoms with Gasteiger partial charge >= 0.3 is 6.09 Å². The highest BCUT2D eigenvalue weighted by Crippen LogP contribution is 2.60. The van der Waals surface area contributed by atoms with Crippen LogP contribution in [0.4, 0.5) is 32.4 Å². The van der Waals surface area contributed by atoms with Gasteiger partial charge in [0.05, 0.1) is 23.8 Å². The number of fused-ring (bicyclic) bond motifs is 1. The summed E-state index contributed by atoms with van der Waals surface area (Å²) < 4.78 is 82.5. The first-order valence-corrected chi connectivity index (χ1v) is 19.1. The summed E-state index contributed by atoms with van der Waals surface area (Å²) in [5.74, 6) is -8.91. The molecule has 7 atom stereocenters. The molecule has 0 aliphatic heterocycles. The zero-order valence-electron chi connectivity index (χ0n) is 30.8. The van der Waals surface area contributed by atoms with Crippen molar-refractivity contribution in [2.24, 2.45) is 23.2 Å². The number of oxazole rings is 1. The van der Waals surface area contributed by atoms with E-state index in [1.54, 1.807) is 11.5 Å². The van der Waals surface area contributed by atoms with Gasteiger partial charge in [0.15, 0.2) is 23.3 Å². The topological polar surface area (TPSA) is 105 Å². The average molecular weight is 747 g/mol. The molecule has 6 rings (SSSR count). The molecular formula is C41H51F5N2O5. The number of unbranched alkanes of at least 4 members (excludes halogenated alkanes) is 1. The third kappa shape index (κ3) is 7.72. The second kappa shape index (κ2) is 15.7. The molecule has 0 spiro atoms. The molecule has 4 fully saturated rings. The molecule has 4 aliphatic carbocycles. The molecule has 1 amide bonds. The van der Waals surface area contributed by atoms with Gasteiger partial charge < -0.3 is 19.4 Å². The van der Waals surface area contributed by atoms with E-state index < -0.39 is 64.6 Å². The molecule has 1 aromatic heterocycles. The fraction of sp³-hybridized carbons (Fsp3) is 0.610. The second-order valence-corrected chi connectivity index (χ2v) is 16.1. The minimum absolute atomic E-state index is 0.0259. The SMILES string of the molecule is C=C1/C(=C\C=C2/CCC[C@]3(C)[C@@H]([C@H](C)CC[C@@H](OC(=O)Nc4c(F)c(F)c(F)c(F)c4F)C4(c5ncc(CCCC)o5)CC4)CC[C@@H]23)C[C@@H](O)C[C@@H]1O. The first-order chi connectivity index (χ1) is 25.2. The number of amides is 1. The van der Waals surface area contributed by atoms with E-state index in [0.29, 0.717) is 74.0 Å². The van der Waals surface area contributed by atoms with Crippen molar-refractivity contribution in [1.82, 2.24) is 4.98 Å². The van der Waals surface area contributed by atoms with Crippen LogP contribution in [0.25, 0.3) is 0 Å². The van der Waals surface area contributed by atoms with E-state index in [2.05, 4.69) is 38.4 Å². The first-order valence-electron chi connectivity index (χ1n) is 19.1. The number of aryl methyl sites for hydroxylation is 1. The number of carbonyl (C=O) groups is 1. The molecule has 2 aromatic rings. The third-order valence-electron chi connectivity index (χ3n) is 12.7. The molecule has 12 heteroatoms. The van der Waals surface area contributed by atoms with Crippen LogP contribution in [0.5, 0.6) is 0 Å². The highest BCUT2D eigenvalue weighted by atomic mass is 19.2. The smallest absolute Gasteiger partial charge is 0.412 e. The predicted molar refractivity (Wildman–Crippen MR) is 189 cm³/mol. The summed E-state index contributed by atoms with van der Waals surface area (Å²) in [6.07, 6.45) is 13.0. The Kier molecular flexibility index (Phi) is 11.6. The molecule has 4 saturated carbocycles. The Morgan fingerprint density at radius 3 is 2.45 bits per heavy atom. The van der Waals surface area contributed by atoms with Crippen molar-refractivity contribution in [1.29, 1.82) is 0 Å². The van der Waals surface area contributed by atoms with Crippen molar-refractivity contribution in [2.75, 3.05) is 5.32 Å². The standard InChI is InChI=1S/C41H51F5N2O5/c1-5-6-9-27-21-47-38(52-27)41(17-18-41)31(53-39(51)48-37-35(45)33(43)32(42)34(44)36(37)46)15-10-22(2)28-13-14-29-24(8-7-16-40(28,29)4)11-12-25-19-26(49)20-30(50)23(25)3/h11-12,21-22,26,28-31,49-50H,3,5-10,13-20H2,1-2,4H3,(H,48,51)/b24-11+,25-12-/t22-,26-,28-,29+,30+,31-,40-/m1/s1. The minimum atomic E-state index is -2.32. The fourth-order valence-corrected chi connectivity index (χ4v) is 9.53. The van der Waals surface area contributed by atoms with Crippen LogP contribution >= 0.6 is 0 Å². The largest absolute Gasteiger partial charge is 0.445 e. The van der Waals surface area contributed by atoms with Gasteiger partial charge in [-0.15, -0.1) is 0 Å². The third-order valence-corrected chi connectivity index (χ3v) is 12.7. The summed E-state index contributed by atoms with van der Waals surface area (Å²) >= 11 is 0. The second-order valence-electron chi connectivity index (χ2n) is 16.1. The van der Waals surface area contributed by atoms with E-state index in [1.807, 2.05) is 6.08 Å². The molecule has 0 radical (unpaired) electrons. The van der Waals surface area contributed by atoms with Crippen LogP contribution < -0.4 is 5.32 Å². The number of anilines is 1. The Morgan fingerprint density at radius 1 is 1.08 bits per heavy atom. The average Bonchev–Trinajstić information content (AvgIpc) is 3.65. The number of aliphatic hydroxyl groups is 2. The van der Waals surface area contributed by atoms with Crippen molar-refractivity contribution in [3.63, 3.8) is 0 Å². The summed E-state index contributed by atoms with van der Waals surface area (Å²) in [4.78, 5) is 17.7. The van der Waals surface area contributed by atoms with Gasteiger partial charge in [0.1, 0.15) is 17.6 Å². The summed E-state index contributed by atoms with van der Waals surface area (Å²) in [6.45, 7) is 10.7. The summed E-state index contributed by atoms with van der Waals surface area (Å²) in [7, 11) is 0. The van der Waals surface area contributed by atoms with Crippen molar-refractivity contribution >= 4 is 11.8 Å². The van der Waals surface area contributed by atoms with Crippen LogP contribution in [0.1, 0.15) is 116 Å². The van der Waals surface area contributed by atoms with E-state index in [0.717, 1.165) is 50.5 Å². The highest BCUT2D eigenvalue weighted by molar-refractivity contribution is 5.85. The van der Waals surface area contributed by atoms with Crippen molar-refractivity contribution < 1.29 is 46.1 Å². The van der Waals surface area contributed by atoms with Crippen molar-refractivity contribution in [3.05, 3.63) is 82.4 Å². The lowest BCUT2D eigenvalue weighted by atomic mass is 9.60. The van der Waals surface area contributed by atoms with E-state index in [1.165, 1.54) is 5.57 Å². The number of nitrogens with zero attached hydrogens (tertiary/aromatic N) is 1. The fourth-order valence-electron chi connectivity index (χ4n) is 9.53. The summed E-state index contributed by atoms with van der Waals surface area (Å²) in [6, 6.07) is 0. The molecule has 4 aliphatic rings. The number of ether oxygens (including phenoxy) is 1. The van der Waals surface area contributed by atoms with Crippen molar-refractivity contribution in [2.45, 2.75) is 134 Å². The zero-order valence-corrected chi connectivity index (χ0v) is 30.8. The van der Waals surface area contributed by atoms with Gasteiger partial charge in [-0.1, -0.05) is 51.5 Å². The Morgan fingerprint density at radius 2 is 1.77 bits per heavy atom. The number of hydrogen-bond acceptors (Lipinski definition) is 6. The molecular weight excluding hydrogens is 695 g/mol. The summed E-state index contributed by atoms with van der Waals surface area (Å²) in [5, 5.41) is 22.3. The lowest BCUT2D eigenvalue weighted by Gasteiger charge is -2.44. The van der Waals surface area contributed by atoms with Crippen LogP contribution in [-0.4, -0.2) is 39.6 Å². The molecule has 290 valence electrons. The molecule has 7 nitrogen and oxygen atoms in total. The summed E-state index contributed by atoms with van der Waals surface area (Å²) in [5.41, 5.74) is 0.692. The molecule has 1 heterocycles. The maximum absolute atomic E-state index is 14.5. The van der Waals surface area contributed by atoms with Crippen molar-refractivity contribution in [3.8, 4) is 0 Å². The number of halogens is 5. The maximum Gasteiger partial charge on any atom is 0.412 e. The molecule has 0 saturated heterocycles. The van der Waals surface area contributed by atoms with E-state index in [-0.39, 0.29) is 11.3 Å². The Hall–Kier alpha value is -3.51. The Balaban J connectivity index is 1.20. The van der Waals surface area contributed by atoms with E-state index in [4.69, 9.17) is 9.15 Å². The number of rotatable bonds is 12. The number of allylic oxidation sites excluding steroid dienone is 3. The normalized spacial score (nSPS) is 29.3. The van der Waals surface area contributed by atoms with Crippen LogP contribution in [-0.2, 0) is 16.6 Å². The Bertz CT molecular complexity index is 1740. The van der Waals surface area contributed by atoms with Gasteiger partial charge in [0, 0.05) is 12.8 Å². The molecule has 0 bridgehead atoms. The van der Waals surface area contributed by atoms with E-state index in [9.17, 15) is 37.0 Å². The maximum atomic E-state index is 14.5. The first kappa shape index (κ1) is 39.2. The van der Waals surface area contributed by atoms with Gasteiger partial charge in [0.25, 0.3) is 0 Å². The predicted octanol–water partition coefficient (Wildman–Crippen LogP) is 9.92. The van der Waals surface area contributed by atoms with Crippen LogP contribution in [0.3, 0.4) is 0 Å². The highest BCUT2D eigenvalue weighted by Gasteiger charge is 2.57. The quantitative estimate of drug-likeness (QED) is 0.114. The molecule has 53 heavy (non-hydrogen) atoms. The van der Waals surface area contributed by atoms with Crippen LogP contribution in [0.2, 0.25) is 0 Å². The number of carbonyl (C=O) groups excluding carboxylic acids is 1. The van der Waals surface area contributed by atoms with Gasteiger partial charge in [-0.2, -0.15) is 0 Å². The van der Waals surface area contributed by atoms with Crippen LogP contribution in [0.15, 0.2) is 46.1 Å².